The Morgan fingerprint density at radius 1 is 1.17 bits per heavy atom. The van der Waals surface area contributed by atoms with E-state index < -0.39 is 5.54 Å². The van der Waals surface area contributed by atoms with Gasteiger partial charge in [-0.1, -0.05) is 17.7 Å². The standard InChI is InChI=1S/C27H28ClFN2O3S/c1-27(2,3)31(26(33)18-5-4-6-19(28)15-18)16-25(32)30-13-11-24-22(12-14-35-24)23(30)17-34-21-9-7-20(29)8-10-21/h4-10,12,14-15,23H,11,13,16-17H2,1-3H3/t23-/m0/s1. The molecule has 2 heterocycles. The molecule has 0 unspecified atom stereocenters. The van der Waals surface area contributed by atoms with E-state index in [9.17, 15) is 14.0 Å². The summed E-state index contributed by atoms with van der Waals surface area (Å²) >= 11 is 7.77. The molecule has 0 radical (unpaired) electrons. The third-order valence-corrected chi connectivity index (χ3v) is 7.29. The fourth-order valence-corrected chi connectivity index (χ4v) is 5.32. The molecule has 8 heteroatoms. The van der Waals surface area contributed by atoms with Crippen molar-refractivity contribution in [1.29, 1.82) is 0 Å². The lowest BCUT2D eigenvalue weighted by Gasteiger charge is -2.40. The Morgan fingerprint density at radius 3 is 2.60 bits per heavy atom. The van der Waals surface area contributed by atoms with Gasteiger partial charge in [-0.05, 0) is 86.7 Å². The van der Waals surface area contributed by atoms with Crippen molar-refractivity contribution in [3.05, 3.63) is 86.8 Å². The molecule has 0 bridgehead atoms. The third kappa shape index (κ3) is 5.85. The first kappa shape index (κ1) is 25.2. The zero-order valence-electron chi connectivity index (χ0n) is 20.0. The molecule has 0 aliphatic carbocycles. The number of hydrogen-bond donors (Lipinski definition) is 0. The van der Waals surface area contributed by atoms with E-state index in [1.807, 2.05) is 32.2 Å². The Hall–Kier alpha value is -2.90. The summed E-state index contributed by atoms with van der Waals surface area (Å²) in [5.41, 5.74) is 0.911. The zero-order chi connectivity index (χ0) is 25.2. The van der Waals surface area contributed by atoms with E-state index in [0.29, 0.717) is 22.9 Å². The van der Waals surface area contributed by atoms with Gasteiger partial charge in [0.25, 0.3) is 5.91 Å². The summed E-state index contributed by atoms with van der Waals surface area (Å²) in [6.07, 6.45) is 0.754. The molecule has 3 aromatic rings. The molecule has 35 heavy (non-hydrogen) atoms. The molecule has 1 aliphatic rings. The van der Waals surface area contributed by atoms with E-state index >= 15 is 0 Å². The molecule has 2 amide bonds. The average molecular weight is 515 g/mol. The van der Waals surface area contributed by atoms with E-state index in [1.165, 1.54) is 17.0 Å². The first-order valence-electron chi connectivity index (χ1n) is 11.4. The van der Waals surface area contributed by atoms with Gasteiger partial charge in [0.2, 0.25) is 5.91 Å². The lowest BCUT2D eigenvalue weighted by Crippen LogP contribution is -2.53. The number of halogens is 2. The van der Waals surface area contributed by atoms with Crippen LogP contribution in [0.15, 0.2) is 60.0 Å². The minimum atomic E-state index is -0.585. The predicted octanol–water partition coefficient (Wildman–Crippen LogP) is 5.99. The summed E-state index contributed by atoms with van der Waals surface area (Å²) in [5, 5.41) is 2.49. The number of nitrogens with zero attached hydrogens (tertiary/aromatic N) is 2. The molecule has 5 nitrogen and oxygen atoms in total. The average Bonchev–Trinajstić information content (AvgIpc) is 3.30. The molecular formula is C27H28ClFN2O3S. The topological polar surface area (TPSA) is 49.9 Å². The number of ether oxygens (including phenoxy) is 1. The fourth-order valence-electron chi connectivity index (χ4n) is 4.20. The van der Waals surface area contributed by atoms with Crippen molar-refractivity contribution < 1.29 is 18.7 Å². The molecule has 1 aliphatic heterocycles. The van der Waals surface area contributed by atoms with Crippen molar-refractivity contribution in [1.82, 2.24) is 9.80 Å². The SMILES string of the molecule is CC(C)(C)N(CC(=O)N1CCc2sccc2[C@@H]1COc1ccc(F)cc1)C(=O)c1cccc(Cl)c1. The molecule has 0 saturated carbocycles. The summed E-state index contributed by atoms with van der Waals surface area (Å²) < 4.78 is 19.2. The van der Waals surface area contributed by atoms with Gasteiger partial charge in [0.05, 0.1) is 6.04 Å². The summed E-state index contributed by atoms with van der Waals surface area (Å²) in [5.74, 6) is -0.201. The van der Waals surface area contributed by atoms with Gasteiger partial charge in [-0.25, -0.2) is 4.39 Å². The molecule has 0 N–H and O–H groups in total. The highest BCUT2D eigenvalue weighted by Crippen LogP contribution is 2.34. The Kier molecular flexibility index (Phi) is 7.47. The molecule has 0 fully saturated rings. The molecule has 1 atom stereocenters. The first-order chi connectivity index (χ1) is 16.6. The van der Waals surface area contributed by atoms with Crippen LogP contribution in [0, 0.1) is 5.82 Å². The van der Waals surface area contributed by atoms with Gasteiger partial charge in [-0.2, -0.15) is 0 Å². The third-order valence-electron chi connectivity index (χ3n) is 6.06. The van der Waals surface area contributed by atoms with E-state index in [1.54, 1.807) is 57.5 Å². The number of hydrogen-bond acceptors (Lipinski definition) is 4. The molecule has 2 aromatic carbocycles. The minimum Gasteiger partial charge on any atom is -0.491 e. The van der Waals surface area contributed by atoms with Gasteiger partial charge in [0.1, 0.15) is 24.7 Å². The predicted molar refractivity (Wildman–Crippen MR) is 137 cm³/mol. The van der Waals surface area contributed by atoms with Crippen molar-refractivity contribution in [3.63, 3.8) is 0 Å². The van der Waals surface area contributed by atoms with Gasteiger partial charge in [-0.15, -0.1) is 11.3 Å². The van der Waals surface area contributed by atoms with Crippen LogP contribution in [0.4, 0.5) is 4.39 Å². The number of rotatable bonds is 6. The zero-order valence-corrected chi connectivity index (χ0v) is 21.5. The van der Waals surface area contributed by atoms with Crippen molar-refractivity contribution in [2.45, 2.75) is 38.8 Å². The van der Waals surface area contributed by atoms with Crippen molar-refractivity contribution in [2.24, 2.45) is 0 Å². The van der Waals surface area contributed by atoms with Crippen LogP contribution in [0.3, 0.4) is 0 Å². The van der Waals surface area contributed by atoms with Crippen LogP contribution in [-0.2, 0) is 11.2 Å². The normalized spacial score (nSPS) is 15.5. The summed E-state index contributed by atoms with van der Waals surface area (Å²) in [7, 11) is 0. The molecular weight excluding hydrogens is 487 g/mol. The molecule has 4 rings (SSSR count). The van der Waals surface area contributed by atoms with Crippen LogP contribution >= 0.6 is 22.9 Å². The monoisotopic (exact) mass is 514 g/mol. The van der Waals surface area contributed by atoms with Gasteiger partial charge in [-0.3, -0.25) is 9.59 Å². The van der Waals surface area contributed by atoms with Gasteiger partial charge < -0.3 is 14.5 Å². The van der Waals surface area contributed by atoms with Gasteiger partial charge >= 0.3 is 0 Å². The molecule has 0 saturated heterocycles. The number of amides is 2. The number of carbonyl (C=O) groups is 2. The highest BCUT2D eigenvalue weighted by Gasteiger charge is 2.36. The highest BCUT2D eigenvalue weighted by molar-refractivity contribution is 7.10. The van der Waals surface area contributed by atoms with E-state index in [4.69, 9.17) is 16.3 Å². The number of thiophene rings is 1. The Balaban J connectivity index is 1.56. The first-order valence-corrected chi connectivity index (χ1v) is 12.7. The summed E-state index contributed by atoms with van der Waals surface area (Å²) in [6, 6.07) is 14.3. The van der Waals surface area contributed by atoms with E-state index in [0.717, 1.165) is 12.0 Å². The van der Waals surface area contributed by atoms with Crippen LogP contribution in [0.2, 0.25) is 5.02 Å². The summed E-state index contributed by atoms with van der Waals surface area (Å²) in [6.45, 7) is 6.43. The van der Waals surface area contributed by atoms with Gasteiger partial charge in [0.15, 0.2) is 0 Å². The Bertz CT molecular complexity index is 1210. The van der Waals surface area contributed by atoms with Crippen molar-refractivity contribution >= 4 is 34.8 Å². The van der Waals surface area contributed by atoms with Gasteiger partial charge in [0, 0.05) is 27.5 Å². The molecule has 0 spiro atoms. The second-order valence-electron chi connectivity index (χ2n) is 9.49. The Labute approximate surface area is 214 Å². The lowest BCUT2D eigenvalue weighted by atomic mass is 9.99. The quantitative estimate of drug-likeness (QED) is 0.406. The highest BCUT2D eigenvalue weighted by atomic mass is 35.5. The van der Waals surface area contributed by atoms with Crippen molar-refractivity contribution in [2.75, 3.05) is 19.7 Å². The number of carbonyl (C=O) groups excluding carboxylic acids is 2. The maximum Gasteiger partial charge on any atom is 0.254 e. The van der Waals surface area contributed by atoms with Crippen LogP contribution < -0.4 is 4.74 Å². The smallest absolute Gasteiger partial charge is 0.254 e. The second kappa shape index (κ2) is 10.4. The van der Waals surface area contributed by atoms with Crippen molar-refractivity contribution in [3.8, 4) is 5.75 Å². The molecule has 184 valence electrons. The van der Waals surface area contributed by atoms with E-state index in [2.05, 4.69) is 0 Å². The molecule has 1 aromatic heterocycles. The van der Waals surface area contributed by atoms with Crippen LogP contribution in [0.1, 0.15) is 47.6 Å². The number of benzene rings is 2. The maximum atomic E-state index is 13.7. The fraction of sp³-hybridized carbons (Fsp3) is 0.333. The summed E-state index contributed by atoms with van der Waals surface area (Å²) in [4.78, 5) is 31.6. The van der Waals surface area contributed by atoms with Crippen LogP contribution in [-0.4, -0.2) is 46.8 Å². The lowest BCUT2D eigenvalue weighted by molar-refractivity contribution is -0.136. The van der Waals surface area contributed by atoms with E-state index in [-0.39, 0.29) is 36.8 Å². The van der Waals surface area contributed by atoms with Crippen LogP contribution in [0.25, 0.3) is 0 Å². The second-order valence-corrected chi connectivity index (χ2v) is 10.9. The minimum absolute atomic E-state index is 0.0681. The Morgan fingerprint density at radius 2 is 1.91 bits per heavy atom. The maximum absolute atomic E-state index is 13.7. The van der Waals surface area contributed by atoms with Crippen LogP contribution in [0.5, 0.6) is 5.75 Å². The largest absolute Gasteiger partial charge is 0.491 e. The number of fused-ring (bicyclic) bond motifs is 1.